The summed E-state index contributed by atoms with van der Waals surface area (Å²) in [5, 5.41) is 0. The summed E-state index contributed by atoms with van der Waals surface area (Å²) in [6.45, 7) is 4.43. The van der Waals surface area contributed by atoms with Crippen LogP contribution in [0.1, 0.15) is 12.5 Å². The van der Waals surface area contributed by atoms with Gasteiger partial charge in [-0.2, -0.15) is 0 Å². The summed E-state index contributed by atoms with van der Waals surface area (Å²) in [5.74, 6) is 0. The number of para-hydroxylation sites is 1. The van der Waals surface area contributed by atoms with Crippen LogP contribution in [0.15, 0.2) is 24.3 Å². The first-order valence-electron chi connectivity index (χ1n) is 6.10. The Balaban J connectivity index is 1.91. The third-order valence-corrected chi connectivity index (χ3v) is 3.74. The second-order valence-electron chi connectivity index (χ2n) is 4.67. The van der Waals surface area contributed by atoms with Crippen molar-refractivity contribution < 1.29 is 0 Å². The van der Waals surface area contributed by atoms with Gasteiger partial charge in [-0.15, -0.1) is 0 Å². The van der Waals surface area contributed by atoms with Crippen molar-refractivity contribution in [3.63, 3.8) is 0 Å². The zero-order chi connectivity index (χ0) is 12.3. The van der Waals surface area contributed by atoms with E-state index >= 15 is 0 Å². The van der Waals surface area contributed by atoms with E-state index in [0.29, 0.717) is 6.04 Å². The van der Waals surface area contributed by atoms with Crippen LogP contribution in [0.3, 0.4) is 0 Å². The Kier molecular flexibility index (Phi) is 4.31. The van der Waals surface area contributed by atoms with Gasteiger partial charge in [-0.1, -0.05) is 18.2 Å². The van der Waals surface area contributed by atoms with Crippen LogP contribution in [0.4, 0.5) is 5.69 Å². The zero-order valence-corrected chi connectivity index (χ0v) is 11.6. The van der Waals surface area contributed by atoms with Gasteiger partial charge in [-0.3, -0.25) is 0 Å². The molecule has 0 spiro atoms. The topological polar surface area (TPSA) is 18.5 Å². The molecule has 0 saturated carbocycles. The third-order valence-electron chi connectivity index (χ3n) is 3.08. The van der Waals surface area contributed by atoms with Crippen LogP contribution in [0.25, 0.3) is 0 Å². The lowest BCUT2D eigenvalue weighted by molar-refractivity contribution is 0.630. The molecule has 2 rings (SSSR count). The molecule has 0 fully saturated rings. The second kappa shape index (κ2) is 5.76. The molecular formula is C13H21N3S. The highest BCUT2D eigenvalue weighted by atomic mass is 32.2. The predicted molar refractivity (Wildman–Crippen MR) is 76.2 cm³/mol. The van der Waals surface area contributed by atoms with Crippen molar-refractivity contribution in [3.05, 3.63) is 29.8 Å². The Morgan fingerprint density at radius 1 is 1.41 bits per heavy atom. The molecule has 0 amide bonds. The molecule has 1 aromatic rings. The van der Waals surface area contributed by atoms with Crippen molar-refractivity contribution in [1.82, 2.24) is 9.03 Å². The van der Waals surface area contributed by atoms with Gasteiger partial charge in [0.15, 0.2) is 0 Å². The first-order chi connectivity index (χ1) is 8.18. The predicted octanol–water partition coefficient (Wildman–Crippen LogP) is 2.15. The molecule has 0 bridgehead atoms. The minimum atomic E-state index is 0.533. The van der Waals surface area contributed by atoms with Gasteiger partial charge in [-0.25, -0.2) is 9.03 Å². The molecule has 4 heteroatoms. The number of nitrogens with zero attached hydrogens (tertiary/aromatic N) is 2. The van der Waals surface area contributed by atoms with Gasteiger partial charge in [0.1, 0.15) is 0 Å². The van der Waals surface area contributed by atoms with Gasteiger partial charge in [0, 0.05) is 37.0 Å². The number of fused-ring (bicyclic) bond motifs is 1. The fraction of sp³-hybridized carbons (Fsp3) is 0.538. The van der Waals surface area contributed by atoms with Crippen molar-refractivity contribution in [2.24, 2.45) is 0 Å². The van der Waals surface area contributed by atoms with Crippen LogP contribution in [0.2, 0.25) is 0 Å². The lowest BCUT2D eigenvalue weighted by atomic mass is 10.2. The molecule has 1 aliphatic rings. The maximum atomic E-state index is 3.39. The fourth-order valence-electron chi connectivity index (χ4n) is 2.22. The van der Waals surface area contributed by atoms with Crippen molar-refractivity contribution in [2.45, 2.75) is 19.4 Å². The van der Waals surface area contributed by atoms with Crippen LogP contribution in [0.5, 0.6) is 0 Å². The van der Waals surface area contributed by atoms with Gasteiger partial charge in [0.25, 0.3) is 0 Å². The van der Waals surface area contributed by atoms with E-state index in [9.17, 15) is 0 Å². The second-order valence-corrected chi connectivity index (χ2v) is 5.87. The summed E-state index contributed by atoms with van der Waals surface area (Å²) in [6, 6.07) is 9.27. The average molecular weight is 251 g/mol. The normalized spacial score (nSPS) is 16.4. The molecule has 0 radical (unpaired) electrons. The molecule has 1 heterocycles. The molecule has 1 unspecified atom stereocenters. The molecule has 1 N–H and O–H groups in total. The minimum absolute atomic E-state index is 0.533. The lowest BCUT2D eigenvalue weighted by Gasteiger charge is -2.27. The SMILES string of the molecule is CC(CNSN(C)C)N1CCc2ccccc21. The van der Waals surface area contributed by atoms with Crippen molar-refractivity contribution in [2.75, 3.05) is 32.1 Å². The summed E-state index contributed by atoms with van der Waals surface area (Å²) in [4.78, 5) is 2.50. The van der Waals surface area contributed by atoms with Crippen molar-refractivity contribution in [3.8, 4) is 0 Å². The van der Waals surface area contributed by atoms with Crippen LogP contribution < -0.4 is 9.62 Å². The molecule has 3 nitrogen and oxygen atoms in total. The Bertz CT molecular complexity index is 367. The number of anilines is 1. The van der Waals surface area contributed by atoms with Gasteiger partial charge in [0.05, 0.1) is 0 Å². The van der Waals surface area contributed by atoms with Gasteiger partial charge >= 0.3 is 0 Å². The van der Waals surface area contributed by atoms with E-state index in [1.54, 1.807) is 12.1 Å². The third kappa shape index (κ3) is 3.15. The molecule has 1 aromatic carbocycles. The van der Waals surface area contributed by atoms with Gasteiger partial charge in [-0.05, 0) is 39.1 Å². The van der Waals surface area contributed by atoms with Crippen LogP contribution in [-0.2, 0) is 6.42 Å². The number of hydrogen-bond acceptors (Lipinski definition) is 4. The summed E-state index contributed by atoms with van der Waals surface area (Å²) >= 11 is 1.66. The van der Waals surface area contributed by atoms with E-state index in [2.05, 4.69) is 45.1 Å². The van der Waals surface area contributed by atoms with E-state index in [-0.39, 0.29) is 0 Å². The summed E-state index contributed by atoms with van der Waals surface area (Å²) in [7, 11) is 4.10. The first kappa shape index (κ1) is 12.7. The molecule has 0 aromatic heterocycles. The Labute approximate surface area is 108 Å². The van der Waals surface area contributed by atoms with Crippen LogP contribution >= 0.6 is 12.1 Å². The van der Waals surface area contributed by atoms with E-state index in [1.165, 1.54) is 17.7 Å². The molecule has 94 valence electrons. The molecule has 17 heavy (non-hydrogen) atoms. The number of benzene rings is 1. The number of rotatable bonds is 5. The summed E-state index contributed by atoms with van der Waals surface area (Å²) in [5.41, 5.74) is 2.90. The van der Waals surface area contributed by atoms with E-state index in [1.807, 2.05) is 14.1 Å². The Morgan fingerprint density at radius 2 is 2.18 bits per heavy atom. The highest BCUT2D eigenvalue weighted by Gasteiger charge is 2.22. The number of nitrogens with one attached hydrogen (secondary N) is 1. The lowest BCUT2D eigenvalue weighted by Crippen LogP contribution is -2.38. The molecule has 1 atom stereocenters. The van der Waals surface area contributed by atoms with E-state index in [0.717, 1.165) is 13.1 Å². The van der Waals surface area contributed by atoms with Crippen LogP contribution in [0, 0.1) is 0 Å². The number of hydrogen-bond donors (Lipinski definition) is 1. The average Bonchev–Trinajstić information content (AvgIpc) is 2.72. The minimum Gasteiger partial charge on any atom is -0.367 e. The molecule has 1 aliphatic heterocycles. The van der Waals surface area contributed by atoms with Gasteiger partial charge < -0.3 is 4.90 Å². The van der Waals surface area contributed by atoms with Crippen molar-refractivity contribution in [1.29, 1.82) is 0 Å². The highest BCUT2D eigenvalue weighted by molar-refractivity contribution is 7.95. The molecule has 0 saturated heterocycles. The standard InChI is InChI=1S/C13H21N3S/c1-11(10-14-17-15(2)3)16-9-8-12-6-4-5-7-13(12)16/h4-7,11,14H,8-10H2,1-3H3. The molecule has 0 aliphatic carbocycles. The maximum Gasteiger partial charge on any atom is 0.0402 e. The zero-order valence-electron chi connectivity index (χ0n) is 10.8. The largest absolute Gasteiger partial charge is 0.367 e. The molecular weight excluding hydrogens is 230 g/mol. The van der Waals surface area contributed by atoms with E-state index < -0.39 is 0 Å². The first-order valence-corrected chi connectivity index (χ1v) is 6.87. The maximum absolute atomic E-state index is 3.39. The fourth-order valence-corrected chi connectivity index (χ4v) is 2.79. The van der Waals surface area contributed by atoms with Gasteiger partial charge in [0.2, 0.25) is 0 Å². The van der Waals surface area contributed by atoms with E-state index in [4.69, 9.17) is 0 Å². The Morgan fingerprint density at radius 3 is 2.94 bits per heavy atom. The Hall–Kier alpha value is -0.710. The highest BCUT2D eigenvalue weighted by Crippen LogP contribution is 2.28. The summed E-state index contributed by atoms with van der Waals surface area (Å²) < 4.78 is 5.47. The smallest absolute Gasteiger partial charge is 0.0402 e. The van der Waals surface area contributed by atoms with Crippen LogP contribution in [-0.4, -0.2) is 37.5 Å². The van der Waals surface area contributed by atoms with Crippen molar-refractivity contribution >= 4 is 17.8 Å². The quantitative estimate of drug-likeness (QED) is 0.808. The summed E-state index contributed by atoms with van der Waals surface area (Å²) in [6.07, 6.45) is 1.18. The monoisotopic (exact) mass is 251 g/mol.